The van der Waals surface area contributed by atoms with E-state index in [1.807, 2.05) is 31.2 Å². The van der Waals surface area contributed by atoms with Crippen LogP contribution in [0.1, 0.15) is 24.2 Å². The summed E-state index contributed by atoms with van der Waals surface area (Å²) in [4.78, 5) is 12.5. The predicted molar refractivity (Wildman–Crippen MR) is 108 cm³/mol. The third-order valence-electron chi connectivity index (χ3n) is 3.88. The number of rotatable bonds is 5. The van der Waals surface area contributed by atoms with Crippen molar-refractivity contribution in [3.63, 3.8) is 0 Å². The summed E-state index contributed by atoms with van der Waals surface area (Å²) in [5, 5.41) is 12.3. The van der Waals surface area contributed by atoms with E-state index in [4.69, 9.17) is 11.6 Å². The van der Waals surface area contributed by atoms with Crippen LogP contribution in [0.15, 0.2) is 45.6 Å². The van der Waals surface area contributed by atoms with Gasteiger partial charge < -0.3 is 5.32 Å². The molecule has 1 N–H and O–H groups in total. The highest BCUT2D eigenvalue weighted by Crippen LogP contribution is 2.24. The molecular formula is C17H16Br2ClN5O. The SMILES string of the molecule is Cc1nn(C(C)C(=O)Nc2nn(Cc3ccccc3Cl)cc2Br)cc1Br. The van der Waals surface area contributed by atoms with E-state index in [1.54, 1.807) is 28.7 Å². The monoisotopic (exact) mass is 499 g/mol. The zero-order valence-electron chi connectivity index (χ0n) is 14.1. The van der Waals surface area contributed by atoms with E-state index < -0.39 is 6.04 Å². The molecule has 1 atom stereocenters. The normalized spacial score (nSPS) is 12.2. The molecule has 0 saturated carbocycles. The summed E-state index contributed by atoms with van der Waals surface area (Å²) in [6.45, 7) is 4.16. The number of hydrogen-bond acceptors (Lipinski definition) is 3. The van der Waals surface area contributed by atoms with Gasteiger partial charge in [0, 0.05) is 17.4 Å². The summed E-state index contributed by atoms with van der Waals surface area (Å²) < 4.78 is 4.90. The lowest BCUT2D eigenvalue weighted by Crippen LogP contribution is -2.24. The van der Waals surface area contributed by atoms with Crippen molar-refractivity contribution in [1.29, 1.82) is 0 Å². The molecule has 0 aliphatic rings. The van der Waals surface area contributed by atoms with Gasteiger partial charge in [-0.2, -0.15) is 10.2 Å². The minimum atomic E-state index is -0.472. The molecule has 0 fully saturated rings. The van der Waals surface area contributed by atoms with Crippen molar-refractivity contribution < 1.29 is 4.79 Å². The van der Waals surface area contributed by atoms with Gasteiger partial charge in [-0.3, -0.25) is 14.2 Å². The van der Waals surface area contributed by atoms with Crippen molar-refractivity contribution in [3.05, 3.63) is 61.9 Å². The van der Waals surface area contributed by atoms with Gasteiger partial charge >= 0.3 is 0 Å². The van der Waals surface area contributed by atoms with Crippen molar-refractivity contribution in [2.75, 3.05) is 5.32 Å². The van der Waals surface area contributed by atoms with Gasteiger partial charge in [-0.05, 0) is 57.3 Å². The second-order valence-electron chi connectivity index (χ2n) is 5.82. The van der Waals surface area contributed by atoms with Crippen LogP contribution in [-0.4, -0.2) is 25.5 Å². The number of aromatic nitrogens is 4. The fourth-order valence-corrected chi connectivity index (χ4v) is 3.26. The minimum absolute atomic E-state index is 0.205. The molecule has 1 unspecified atom stereocenters. The van der Waals surface area contributed by atoms with E-state index in [9.17, 15) is 4.79 Å². The number of hydrogen-bond donors (Lipinski definition) is 1. The number of anilines is 1. The number of halogens is 3. The van der Waals surface area contributed by atoms with Crippen LogP contribution >= 0.6 is 43.5 Å². The van der Waals surface area contributed by atoms with E-state index in [2.05, 4.69) is 47.4 Å². The maximum Gasteiger partial charge on any atom is 0.250 e. The average Bonchev–Trinajstić information content (AvgIpc) is 3.11. The number of nitrogens with one attached hydrogen (secondary N) is 1. The average molecular weight is 502 g/mol. The van der Waals surface area contributed by atoms with E-state index in [-0.39, 0.29) is 5.91 Å². The Bertz CT molecular complexity index is 933. The molecule has 2 heterocycles. The number of carbonyl (C=O) groups excluding carboxylic acids is 1. The van der Waals surface area contributed by atoms with Crippen LogP contribution in [0.2, 0.25) is 5.02 Å². The third-order valence-corrected chi connectivity index (χ3v) is 5.61. The topological polar surface area (TPSA) is 64.7 Å². The Labute approximate surface area is 172 Å². The van der Waals surface area contributed by atoms with Crippen LogP contribution in [0.5, 0.6) is 0 Å². The molecule has 26 heavy (non-hydrogen) atoms. The highest BCUT2D eigenvalue weighted by molar-refractivity contribution is 9.10. The van der Waals surface area contributed by atoms with Crippen LogP contribution in [0.3, 0.4) is 0 Å². The van der Waals surface area contributed by atoms with Crippen LogP contribution in [0.4, 0.5) is 5.82 Å². The Balaban J connectivity index is 1.73. The molecule has 0 spiro atoms. The van der Waals surface area contributed by atoms with Gasteiger partial charge in [0.1, 0.15) is 6.04 Å². The zero-order chi connectivity index (χ0) is 18.8. The predicted octanol–water partition coefficient (Wildman–Crippen LogP) is 4.81. The molecule has 0 radical (unpaired) electrons. The molecule has 0 aliphatic heterocycles. The van der Waals surface area contributed by atoms with Crippen LogP contribution in [-0.2, 0) is 11.3 Å². The molecule has 0 saturated heterocycles. The van der Waals surface area contributed by atoms with E-state index in [0.29, 0.717) is 21.9 Å². The molecule has 2 aromatic heterocycles. The van der Waals surface area contributed by atoms with Crippen molar-refractivity contribution in [3.8, 4) is 0 Å². The number of benzene rings is 1. The minimum Gasteiger partial charge on any atom is -0.306 e. The number of nitrogens with zero attached hydrogens (tertiary/aromatic N) is 4. The summed E-state index contributed by atoms with van der Waals surface area (Å²) in [5.41, 5.74) is 1.78. The van der Waals surface area contributed by atoms with Crippen molar-refractivity contribution in [2.45, 2.75) is 26.4 Å². The second kappa shape index (κ2) is 7.94. The Kier molecular flexibility index (Phi) is 5.84. The Morgan fingerprint density at radius 3 is 2.62 bits per heavy atom. The second-order valence-corrected chi connectivity index (χ2v) is 7.94. The molecule has 1 aromatic carbocycles. The first-order valence-electron chi connectivity index (χ1n) is 7.83. The van der Waals surface area contributed by atoms with E-state index in [0.717, 1.165) is 15.7 Å². The van der Waals surface area contributed by atoms with Crippen molar-refractivity contribution >= 4 is 55.2 Å². The first kappa shape index (κ1) is 19.1. The molecule has 9 heteroatoms. The fraction of sp³-hybridized carbons (Fsp3) is 0.235. The number of amides is 1. The summed E-state index contributed by atoms with van der Waals surface area (Å²) in [6, 6.07) is 7.11. The van der Waals surface area contributed by atoms with Gasteiger partial charge in [-0.15, -0.1) is 0 Å². The lowest BCUT2D eigenvalue weighted by atomic mass is 10.2. The zero-order valence-corrected chi connectivity index (χ0v) is 18.0. The lowest BCUT2D eigenvalue weighted by molar-refractivity contribution is -0.119. The molecule has 3 aromatic rings. The summed E-state index contributed by atoms with van der Waals surface area (Å²) >= 11 is 13.0. The maximum atomic E-state index is 12.5. The molecule has 0 aliphatic carbocycles. The van der Waals surface area contributed by atoms with Crippen LogP contribution < -0.4 is 5.32 Å². The van der Waals surface area contributed by atoms with E-state index in [1.165, 1.54) is 0 Å². The quantitative estimate of drug-likeness (QED) is 0.546. The Morgan fingerprint density at radius 1 is 1.23 bits per heavy atom. The van der Waals surface area contributed by atoms with Gasteiger partial charge in [0.25, 0.3) is 0 Å². The Hall–Kier alpha value is -1.64. The fourth-order valence-electron chi connectivity index (χ4n) is 2.36. The molecule has 0 bridgehead atoms. The van der Waals surface area contributed by atoms with Gasteiger partial charge in [-0.25, -0.2) is 0 Å². The summed E-state index contributed by atoms with van der Waals surface area (Å²) in [6.07, 6.45) is 3.59. The third kappa shape index (κ3) is 4.19. The number of aryl methyl sites for hydroxylation is 1. The smallest absolute Gasteiger partial charge is 0.250 e. The summed E-state index contributed by atoms with van der Waals surface area (Å²) in [5.74, 6) is 0.251. The standard InChI is InChI=1S/C17H16Br2ClN5O/c1-10-13(18)9-25(22-10)11(2)17(26)21-16-14(19)8-24(23-16)7-12-5-3-4-6-15(12)20/h3-6,8-9,11H,7H2,1-2H3,(H,21,23,26). The lowest BCUT2D eigenvalue weighted by Gasteiger charge is -2.11. The van der Waals surface area contributed by atoms with Gasteiger partial charge in [0.05, 0.1) is 21.2 Å². The first-order chi connectivity index (χ1) is 12.3. The highest BCUT2D eigenvalue weighted by Gasteiger charge is 2.19. The molecule has 136 valence electrons. The number of carbonyl (C=O) groups is 1. The first-order valence-corrected chi connectivity index (χ1v) is 9.80. The maximum absolute atomic E-state index is 12.5. The highest BCUT2D eigenvalue weighted by atomic mass is 79.9. The molecule has 3 rings (SSSR count). The molecular weight excluding hydrogens is 485 g/mol. The van der Waals surface area contributed by atoms with Crippen LogP contribution in [0.25, 0.3) is 0 Å². The molecule has 6 nitrogen and oxygen atoms in total. The largest absolute Gasteiger partial charge is 0.306 e. The van der Waals surface area contributed by atoms with Crippen molar-refractivity contribution in [1.82, 2.24) is 19.6 Å². The molecule has 1 amide bonds. The summed E-state index contributed by atoms with van der Waals surface area (Å²) in [7, 11) is 0. The van der Waals surface area contributed by atoms with E-state index >= 15 is 0 Å². The van der Waals surface area contributed by atoms with Crippen LogP contribution in [0, 0.1) is 6.92 Å². The Morgan fingerprint density at radius 2 is 1.96 bits per heavy atom. The van der Waals surface area contributed by atoms with Gasteiger partial charge in [0.15, 0.2) is 5.82 Å². The van der Waals surface area contributed by atoms with Crippen molar-refractivity contribution in [2.24, 2.45) is 0 Å². The van der Waals surface area contributed by atoms with Gasteiger partial charge in [0.2, 0.25) is 5.91 Å². The van der Waals surface area contributed by atoms with Gasteiger partial charge in [-0.1, -0.05) is 29.8 Å².